The van der Waals surface area contributed by atoms with E-state index in [9.17, 15) is 4.79 Å². The smallest absolute Gasteiger partial charge is 0.300 e. The van der Waals surface area contributed by atoms with Gasteiger partial charge in [0.05, 0.1) is 0 Å². The highest BCUT2D eigenvalue weighted by atomic mass is 16.4. The van der Waals surface area contributed by atoms with Gasteiger partial charge in [0, 0.05) is 52.6 Å². The second-order valence-electron chi connectivity index (χ2n) is 6.74. The van der Waals surface area contributed by atoms with Crippen LogP contribution in [0.5, 0.6) is 0 Å². The number of nitrogens with two attached hydrogens (primary N) is 1. The van der Waals surface area contributed by atoms with E-state index in [4.69, 9.17) is 15.6 Å². The Morgan fingerprint density at radius 3 is 1.74 bits per heavy atom. The van der Waals surface area contributed by atoms with Gasteiger partial charge in [-0.25, -0.2) is 0 Å². The molecule has 7 heteroatoms. The summed E-state index contributed by atoms with van der Waals surface area (Å²) in [5, 5.41) is 16.9. The normalized spacial score (nSPS) is 10.2. The van der Waals surface area contributed by atoms with Crippen molar-refractivity contribution in [2.24, 2.45) is 5.73 Å². The van der Waals surface area contributed by atoms with E-state index in [0.717, 1.165) is 39.5 Å². The maximum atomic E-state index is 11.7. The third-order valence-electron chi connectivity index (χ3n) is 3.93. The number of hydrogen-bond donors (Lipinski definition) is 5. The molecule has 0 heterocycles. The van der Waals surface area contributed by atoms with Gasteiger partial charge in [0.1, 0.15) is 0 Å². The highest BCUT2D eigenvalue weighted by Gasteiger charge is 2.00. The summed E-state index contributed by atoms with van der Waals surface area (Å²) in [5.41, 5.74) is 5.39. The maximum Gasteiger partial charge on any atom is 0.300 e. The highest BCUT2D eigenvalue weighted by molar-refractivity contribution is 5.75. The number of carbonyl (C=O) groups is 2. The van der Waals surface area contributed by atoms with E-state index in [-0.39, 0.29) is 5.91 Å². The van der Waals surface area contributed by atoms with Gasteiger partial charge in [0.25, 0.3) is 5.97 Å². The van der Waals surface area contributed by atoms with Crippen LogP contribution in [0.1, 0.15) is 78.1 Å². The van der Waals surface area contributed by atoms with Gasteiger partial charge in [-0.05, 0) is 6.42 Å². The second-order valence-corrected chi connectivity index (χ2v) is 6.74. The van der Waals surface area contributed by atoms with E-state index < -0.39 is 5.97 Å². The molecule has 0 saturated carbocycles. The van der Waals surface area contributed by atoms with Crippen molar-refractivity contribution in [1.29, 1.82) is 0 Å². The lowest BCUT2D eigenvalue weighted by atomic mass is 10.1. The predicted octanol–water partition coefficient (Wildman–Crippen LogP) is 2.25. The molecule has 0 atom stereocenters. The van der Waals surface area contributed by atoms with Crippen LogP contribution in [0.3, 0.4) is 0 Å². The van der Waals surface area contributed by atoms with Crippen LogP contribution in [-0.2, 0) is 9.59 Å². The first-order valence-corrected chi connectivity index (χ1v) is 10.6. The largest absolute Gasteiger partial charge is 0.481 e. The minimum atomic E-state index is -0.833. The van der Waals surface area contributed by atoms with Crippen molar-refractivity contribution in [3.05, 3.63) is 0 Å². The molecule has 0 fully saturated rings. The second kappa shape index (κ2) is 24.8. The van der Waals surface area contributed by atoms with E-state index in [0.29, 0.717) is 19.5 Å². The molecule has 1 amide bonds. The standard InChI is InChI=1S/C18H40N4O.C2H4O2/c1-2-3-4-5-6-7-8-9-10-11-18(23)22-17-16-21-15-14-20-13-12-19;1-2(3)4/h20-21H,2-17,19H2,1H3,(H,22,23);1H3,(H,3,4). The SMILES string of the molecule is CC(=O)O.CCCCCCCCCCCC(=O)NCCNCCNCCN. The average Bonchev–Trinajstić information content (AvgIpc) is 2.62. The van der Waals surface area contributed by atoms with Crippen molar-refractivity contribution in [3.8, 4) is 0 Å². The number of carboxylic acids is 1. The quantitative estimate of drug-likeness (QED) is 0.230. The highest BCUT2D eigenvalue weighted by Crippen LogP contribution is 2.10. The third-order valence-corrected chi connectivity index (χ3v) is 3.93. The number of carbonyl (C=O) groups excluding carboxylic acids is 1. The van der Waals surface area contributed by atoms with Crippen molar-refractivity contribution in [3.63, 3.8) is 0 Å². The lowest BCUT2D eigenvalue weighted by Crippen LogP contribution is -2.35. The molecule has 0 bridgehead atoms. The first-order valence-electron chi connectivity index (χ1n) is 10.6. The van der Waals surface area contributed by atoms with Crippen LogP contribution < -0.4 is 21.7 Å². The van der Waals surface area contributed by atoms with Gasteiger partial charge in [-0.15, -0.1) is 0 Å². The Bertz CT molecular complexity index is 324. The van der Waals surface area contributed by atoms with Gasteiger partial charge in [-0.2, -0.15) is 0 Å². The lowest BCUT2D eigenvalue weighted by Gasteiger charge is -2.07. The molecule has 0 aromatic rings. The summed E-state index contributed by atoms with van der Waals surface area (Å²) in [6, 6.07) is 0. The Balaban J connectivity index is 0. The van der Waals surface area contributed by atoms with Gasteiger partial charge in [0.2, 0.25) is 5.91 Å². The van der Waals surface area contributed by atoms with Crippen LogP contribution in [0.25, 0.3) is 0 Å². The van der Waals surface area contributed by atoms with Crippen molar-refractivity contribution in [2.75, 3.05) is 39.3 Å². The van der Waals surface area contributed by atoms with Gasteiger partial charge in [-0.3, -0.25) is 9.59 Å². The molecular weight excluding hydrogens is 344 g/mol. The Hall–Kier alpha value is -1.18. The summed E-state index contributed by atoms with van der Waals surface area (Å²) in [4.78, 5) is 20.7. The van der Waals surface area contributed by atoms with Crippen LogP contribution in [0.2, 0.25) is 0 Å². The molecule has 162 valence electrons. The van der Waals surface area contributed by atoms with Crippen molar-refractivity contribution in [2.45, 2.75) is 78.1 Å². The fourth-order valence-electron chi connectivity index (χ4n) is 2.50. The molecule has 0 aliphatic rings. The van der Waals surface area contributed by atoms with Gasteiger partial charge >= 0.3 is 0 Å². The number of carboxylic acid groups (broad SMARTS) is 1. The predicted molar refractivity (Wildman–Crippen MR) is 113 cm³/mol. The summed E-state index contributed by atoms with van der Waals surface area (Å²) < 4.78 is 0. The molecule has 0 saturated heterocycles. The first kappa shape index (κ1) is 28.0. The summed E-state index contributed by atoms with van der Waals surface area (Å²) in [5.74, 6) is -0.643. The third kappa shape index (κ3) is 32.9. The molecule has 0 aliphatic heterocycles. The number of rotatable bonds is 18. The summed E-state index contributed by atoms with van der Waals surface area (Å²) >= 11 is 0. The molecule has 0 radical (unpaired) electrons. The minimum Gasteiger partial charge on any atom is -0.481 e. The average molecular weight is 389 g/mol. The van der Waals surface area contributed by atoms with Crippen molar-refractivity contribution < 1.29 is 14.7 Å². The lowest BCUT2D eigenvalue weighted by molar-refractivity contribution is -0.134. The molecule has 0 unspecified atom stereocenters. The van der Waals surface area contributed by atoms with Crippen LogP contribution in [0.15, 0.2) is 0 Å². The Morgan fingerprint density at radius 2 is 1.22 bits per heavy atom. The van der Waals surface area contributed by atoms with Crippen LogP contribution in [-0.4, -0.2) is 56.3 Å². The van der Waals surface area contributed by atoms with Crippen LogP contribution >= 0.6 is 0 Å². The number of hydrogen-bond acceptors (Lipinski definition) is 5. The fourth-order valence-corrected chi connectivity index (χ4v) is 2.50. The fraction of sp³-hybridized carbons (Fsp3) is 0.900. The van der Waals surface area contributed by atoms with Crippen molar-refractivity contribution >= 4 is 11.9 Å². The first-order chi connectivity index (χ1) is 13.0. The molecule has 0 aliphatic carbocycles. The van der Waals surface area contributed by atoms with Crippen molar-refractivity contribution in [1.82, 2.24) is 16.0 Å². The van der Waals surface area contributed by atoms with Gasteiger partial charge in [0.15, 0.2) is 0 Å². The maximum absolute atomic E-state index is 11.7. The molecule has 6 N–H and O–H groups in total. The summed E-state index contributed by atoms with van der Waals surface area (Å²) in [6.07, 6.45) is 12.3. The van der Waals surface area contributed by atoms with E-state index in [2.05, 4.69) is 22.9 Å². The zero-order valence-electron chi connectivity index (χ0n) is 17.7. The molecule has 27 heavy (non-hydrogen) atoms. The molecule has 0 aromatic heterocycles. The van der Waals surface area contributed by atoms with E-state index in [1.165, 1.54) is 51.4 Å². The topological polar surface area (TPSA) is 116 Å². The number of aliphatic carboxylic acids is 1. The Kier molecular flexibility index (Phi) is 25.8. The van der Waals surface area contributed by atoms with E-state index in [1.807, 2.05) is 0 Å². The Labute approximate surface area is 166 Å². The van der Waals surface area contributed by atoms with Crippen LogP contribution in [0.4, 0.5) is 0 Å². The number of amides is 1. The minimum absolute atomic E-state index is 0.191. The van der Waals surface area contributed by atoms with Gasteiger partial charge < -0.3 is 26.8 Å². The van der Waals surface area contributed by atoms with E-state index >= 15 is 0 Å². The Morgan fingerprint density at radius 1 is 0.778 bits per heavy atom. The number of nitrogens with one attached hydrogen (secondary N) is 3. The van der Waals surface area contributed by atoms with Gasteiger partial charge in [-0.1, -0.05) is 58.3 Å². The molecule has 7 nitrogen and oxygen atoms in total. The monoisotopic (exact) mass is 388 g/mol. The van der Waals surface area contributed by atoms with Crippen LogP contribution in [0, 0.1) is 0 Å². The molecule has 0 rings (SSSR count). The zero-order valence-corrected chi connectivity index (χ0v) is 17.7. The molecular formula is C20H44N4O3. The summed E-state index contributed by atoms with van der Waals surface area (Å²) in [7, 11) is 0. The molecule has 0 spiro atoms. The molecule has 0 aromatic carbocycles. The van der Waals surface area contributed by atoms with E-state index in [1.54, 1.807) is 0 Å². The number of unbranched alkanes of at least 4 members (excludes halogenated alkanes) is 8. The zero-order chi connectivity index (χ0) is 20.6. The summed E-state index contributed by atoms with van der Waals surface area (Å²) in [6.45, 7) is 8.24.